The molecule has 0 spiro atoms. The molecule has 0 saturated heterocycles. The summed E-state index contributed by atoms with van der Waals surface area (Å²) in [6, 6.07) is 40.7. The fourth-order valence-corrected chi connectivity index (χ4v) is 5.68. The first-order chi connectivity index (χ1) is 20.9. The summed E-state index contributed by atoms with van der Waals surface area (Å²) in [4.78, 5) is 9.84. The number of ether oxygens (including phenoxy) is 1. The number of rotatable bonds is 4. The minimum Gasteiger partial charge on any atom is -0.482 e. The van der Waals surface area contributed by atoms with Crippen LogP contribution in [0.25, 0.3) is 56.2 Å². The van der Waals surface area contributed by atoms with Gasteiger partial charge >= 0.3 is 0 Å². The number of hydrogen-bond donors (Lipinski definition) is 0. The van der Waals surface area contributed by atoms with Crippen LogP contribution in [0.3, 0.4) is 0 Å². The van der Waals surface area contributed by atoms with Crippen LogP contribution in [0.2, 0.25) is 0 Å². The summed E-state index contributed by atoms with van der Waals surface area (Å²) in [6.07, 6.45) is 0. The maximum Gasteiger partial charge on any atom is 0.160 e. The largest absolute Gasteiger partial charge is 0.482 e. The molecule has 0 saturated carbocycles. The molecule has 0 bridgehead atoms. The first-order valence-corrected chi connectivity index (χ1v) is 14.1. The van der Waals surface area contributed by atoms with Crippen molar-refractivity contribution in [2.24, 2.45) is 0 Å². The van der Waals surface area contributed by atoms with E-state index in [4.69, 9.17) is 14.7 Å². The molecule has 0 atom stereocenters. The van der Waals surface area contributed by atoms with Gasteiger partial charge < -0.3 is 4.74 Å². The van der Waals surface area contributed by atoms with Crippen molar-refractivity contribution in [3.05, 3.63) is 138 Å². The molecule has 0 amide bonds. The molecule has 0 aliphatic carbocycles. The van der Waals surface area contributed by atoms with Crippen LogP contribution in [-0.4, -0.2) is 9.97 Å². The molecule has 5 heteroatoms. The zero-order valence-electron chi connectivity index (χ0n) is 23.7. The Balaban J connectivity index is 1.37. The predicted molar refractivity (Wildman–Crippen MR) is 168 cm³/mol. The van der Waals surface area contributed by atoms with Crippen molar-refractivity contribution < 1.29 is 9.13 Å². The van der Waals surface area contributed by atoms with Crippen LogP contribution >= 0.6 is 0 Å². The number of aromatic nitrogens is 2. The van der Waals surface area contributed by atoms with E-state index in [1.54, 1.807) is 12.1 Å². The van der Waals surface area contributed by atoms with Crippen molar-refractivity contribution in [2.45, 2.75) is 19.4 Å². The minimum absolute atomic E-state index is 0.285. The van der Waals surface area contributed by atoms with Crippen molar-refractivity contribution in [3.8, 4) is 68.0 Å². The second kappa shape index (κ2) is 10.3. The third-order valence-corrected chi connectivity index (χ3v) is 7.79. The molecule has 7 rings (SSSR count). The van der Waals surface area contributed by atoms with Crippen molar-refractivity contribution in [1.29, 1.82) is 5.26 Å². The van der Waals surface area contributed by atoms with Gasteiger partial charge in [-0.25, -0.2) is 14.4 Å². The number of fused-ring (bicyclic) bond motifs is 3. The van der Waals surface area contributed by atoms with Gasteiger partial charge in [0.2, 0.25) is 0 Å². The Morgan fingerprint density at radius 1 is 0.628 bits per heavy atom. The van der Waals surface area contributed by atoms with E-state index in [1.807, 2.05) is 117 Å². The van der Waals surface area contributed by atoms with Crippen LogP contribution in [0.4, 0.5) is 4.39 Å². The Kier molecular flexibility index (Phi) is 6.33. The third kappa shape index (κ3) is 4.94. The van der Waals surface area contributed by atoms with Gasteiger partial charge in [-0.2, -0.15) is 5.26 Å². The highest BCUT2D eigenvalue weighted by Crippen LogP contribution is 2.47. The van der Waals surface area contributed by atoms with E-state index in [2.05, 4.69) is 6.07 Å². The zero-order valence-corrected chi connectivity index (χ0v) is 23.7. The predicted octanol–water partition coefficient (Wildman–Crippen LogP) is 9.45. The highest BCUT2D eigenvalue weighted by Gasteiger charge is 2.33. The lowest BCUT2D eigenvalue weighted by Gasteiger charge is -2.35. The SMILES string of the molecule is CC1(C)Oc2cc(-c3cc(C#N)cc(-c4cc(-c5ccccc5)nc(-c5ccccc5)n4)c3)ccc2-c2cc(F)ccc21. The molecule has 0 N–H and O–H groups in total. The minimum atomic E-state index is -0.628. The van der Waals surface area contributed by atoms with Crippen molar-refractivity contribution >= 4 is 0 Å². The molecule has 1 aromatic heterocycles. The molecular formula is C38H26FN3O. The molecule has 1 aliphatic rings. The Bertz CT molecular complexity index is 1990. The summed E-state index contributed by atoms with van der Waals surface area (Å²) in [5.41, 5.74) is 8.42. The van der Waals surface area contributed by atoms with Crippen molar-refractivity contribution in [2.75, 3.05) is 0 Å². The fraction of sp³-hybridized carbons (Fsp3) is 0.0789. The van der Waals surface area contributed by atoms with Crippen LogP contribution in [0.5, 0.6) is 5.75 Å². The lowest BCUT2D eigenvalue weighted by molar-refractivity contribution is 0.106. The van der Waals surface area contributed by atoms with Gasteiger partial charge in [-0.3, -0.25) is 0 Å². The van der Waals surface area contributed by atoms with E-state index in [0.717, 1.165) is 50.2 Å². The summed E-state index contributed by atoms with van der Waals surface area (Å²) in [6.45, 7) is 3.97. The van der Waals surface area contributed by atoms with E-state index in [-0.39, 0.29) is 5.82 Å². The highest BCUT2D eigenvalue weighted by molar-refractivity contribution is 5.82. The molecule has 0 unspecified atom stereocenters. The van der Waals surface area contributed by atoms with E-state index >= 15 is 0 Å². The maximum absolute atomic E-state index is 14.3. The average molecular weight is 560 g/mol. The summed E-state index contributed by atoms with van der Waals surface area (Å²) in [7, 11) is 0. The van der Waals surface area contributed by atoms with Gasteiger partial charge in [-0.15, -0.1) is 0 Å². The quantitative estimate of drug-likeness (QED) is 0.216. The summed E-state index contributed by atoms with van der Waals surface area (Å²) < 4.78 is 20.7. The van der Waals surface area contributed by atoms with Crippen LogP contribution in [0.15, 0.2) is 121 Å². The van der Waals surface area contributed by atoms with Gasteiger partial charge in [0, 0.05) is 27.8 Å². The van der Waals surface area contributed by atoms with Gasteiger partial charge in [-0.1, -0.05) is 78.9 Å². The number of halogens is 1. The molecule has 2 heterocycles. The van der Waals surface area contributed by atoms with Crippen molar-refractivity contribution in [1.82, 2.24) is 9.97 Å². The Hall–Kier alpha value is -5.60. The van der Waals surface area contributed by atoms with Gasteiger partial charge in [0.15, 0.2) is 5.82 Å². The second-order valence-corrected chi connectivity index (χ2v) is 11.1. The van der Waals surface area contributed by atoms with Gasteiger partial charge in [0.25, 0.3) is 0 Å². The number of benzene rings is 5. The standard InChI is InChI=1S/C38H26FN3O/c1-38(2)33-16-14-30(39)21-32(33)31-15-13-27(20-36(31)43-38)28-17-24(23-40)18-29(19-28)35-22-34(25-9-5-3-6-10-25)41-37(42-35)26-11-7-4-8-12-26/h3-22H,1-2H3. The monoisotopic (exact) mass is 559 g/mol. The normalized spacial score (nSPS) is 12.9. The third-order valence-electron chi connectivity index (χ3n) is 7.79. The van der Waals surface area contributed by atoms with E-state index in [9.17, 15) is 9.65 Å². The smallest absolute Gasteiger partial charge is 0.160 e. The summed E-state index contributed by atoms with van der Waals surface area (Å²) in [5, 5.41) is 10.00. The lowest BCUT2D eigenvalue weighted by atomic mass is 9.85. The zero-order chi connectivity index (χ0) is 29.6. The first-order valence-electron chi connectivity index (χ1n) is 14.1. The molecule has 0 radical (unpaired) electrons. The number of hydrogen-bond acceptors (Lipinski definition) is 4. The summed E-state index contributed by atoms with van der Waals surface area (Å²) in [5.74, 6) is 0.993. The first kappa shape index (κ1) is 26.3. The van der Waals surface area contributed by atoms with Gasteiger partial charge in [-0.05, 0) is 73.0 Å². The molecule has 0 fully saturated rings. The van der Waals surface area contributed by atoms with E-state index in [0.29, 0.717) is 22.8 Å². The van der Waals surface area contributed by atoms with Crippen LogP contribution in [0.1, 0.15) is 25.0 Å². The number of nitriles is 1. The van der Waals surface area contributed by atoms with Gasteiger partial charge in [0.1, 0.15) is 17.2 Å². The average Bonchev–Trinajstić information content (AvgIpc) is 3.04. The molecule has 206 valence electrons. The maximum atomic E-state index is 14.3. The van der Waals surface area contributed by atoms with Gasteiger partial charge in [0.05, 0.1) is 23.0 Å². The number of nitrogens with zero attached hydrogens (tertiary/aromatic N) is 3. The Labute approximate surface area is 249 Å². The molecule has 5 aromatic carbocycles. The molecule has 43 heavy (non-hydrogen) atoms. The van der Waals surface area contributed by atoms with Crippen LogP contribution < -0.4 is 4.74 Å². The molecular weight excluding hydrogens is 533 g/mol. The van der Waals surface area contributed by atoms with Crippen molar-refractivity contribution in [3.63, 3.8) is 0 Å². The Morgan fingerprint density at radius 3 is 2.02 bits per heavy atom. The van der Waals surface area contributed by atoms with E-state index in [1.165, 1.54) is 6.07 Å². The second-order valence-electron chi connectivity index (χ2n) is 11.1. The molecule has 1 aliphatic heterocycles. The fourth-order valence-electron chi connectivity index (χ4n) is 5.68. The lowest BCUT2D eigenvalue weighted by Crippen LogP contribution is -2.29. The Morgan fingerprint density at radius 2 is 1.30 bits per heavy atom. The molecule has 6 aromatic rings. The summed E-state index contributed by atoms with van der Waals surface area (Å²) >= 11 is 0. The highest BCUT2D eigenvalue weighted by atomic mass is 19.1. The van der Waals surface area contributed by atoms with E-state index < -0.39 is 5.60 Å². The van der Waals surface area contributed by atoms with Crippen LogP contribution in [-0.2, 0) is 5.60 Å². The topological polar surface area (TPSA) is 58.8 Å². The molecule has 4 nitrogen and oxygen atoms in total. The van der Waals surface area contributed by atoms with Crippen LogP contribution in [0, 0.1) is 17.1 Å².